The first kappa shape index (κ1) is 62.9. The molecule has 8 radical (unpaired) electrons. The second-order valence-corrected chi connectivity index (χ2v) is 19.2. The standard InChI is InChI=1S/C42H58B4N6O14P2.2CO2/c1-21-23(3)58-24(4)34(32(21)56-19-26-13-9-7-10-14-26)62-42-31(50-52-48)39(66-68(45)46)37(29(18-54)61-42)64-40-22(2)33(57-20-27-15-11-8-12-16-27)35(25(5)59-40)63-41-30(49-51-47)38(65-67(43)44)36(55-6)28(17-53)60-41;2*2-1-3/h7-16,21-25,28-42,53-54H,17-20H2,1-6H3;;/t21?,22?,23-,24?,25?,28?,29?,30?,31?,32-,33-,34?,35?,36+,37+,38+,39+,40+,41+,42+;;/m0../s1. The minimum absolute atomic E-state index is 0.124. The van der Waals surface area contributed by atoms with Gasteiger partial charge in [0.2, 0.25) is 0 Å². The van der Waals surface area contributed by atoms with Crippen LogP contribution in [0.5, 0.6) is 0 Å². The van der Waals surface area contributed by atoms with Gasteiger partial charge in [0.25, 0.3) is 0 Å². The Bertz CT molecular complexity index is 2130. The minimum atomic E-state index is -2.13. The molecule has 4 aliphatic heterocycles. The van der Waals surface area contributed by atoms with Gasteiger partial charge in [-0.3, -0.25) is 0 Å². The number of aliphatic hydroxyl groups excluding tert-OH is 2. The highest BCUT2D eigenvalue weighted by atomic mass is 31.1. The van der Waals surface area contributed by atoms with Crippen molar-refractivity contribution in [2.45, 2.75) is 158 Å². The lowest BCUT2D eigenvalue weighted by Crippen LogP contribution is -2.65. The Labute approximate surface area is 436 Å². The molecule has 74 heavy (non-hydrogen) atoms. The van der Waals surface area contributed by atoms with E-state index >= 15 is 0 Å². The second kappa shape index (κ2) is 32.2. The van der Waals surface area contributed by atoms with Crippen LogP contribution in [0, 0.1) is 11.8 Å². The van der Waals surface area contributed by atoms with Gasteiger partial charge in [0.05, 0.1) is 56.9 Å². The molecule has 2 aromatic rings. The quantitative estimate of drug-likeness (QED) is 0.0592. The van der Waals surface area contributed by atoms with Crippen molar-refractivity contribution in [3.8, 4) is 0 Å². The molecule has 4 heterocycles. The summed E-state index contributed by atoms with van der Waals surface area (Å²) in [6.07, 6.45) is -14.6. The number of hydrogen-bond acceptors (Lipinski definition) is 20. The molecule has 4 aliphatic rings. The van der Waals surface area contributed by atoms with Gasteiger partial charge in [-0.15, -0.1) is 0 Å². The van der Waals surface area contributed by atoms with E-state index in [2.05, 4.69) is 20.1 Å². The molecule has 24 nitrogen and oxygen atoms in total. The lowest BCUT2D eigenvalue weighted by atomic mass is 9.88. The van der Waals surface area contributed by atoms with Gasteiger partial charge >= 0.3 is 12.3 Å². The predicted octanol–water partition coefficient (Wildman–Crippen LogP) is 3.68. The molecule has 0 spiro atoms. The first-order chi connectivity index (χ1) is 35.5. The highest BCUT2D eigenvalue weighted by Crippen LogP contribution is 2.43. The fourth-order valence-electron chi connectivity index (χ4n) is 9.17. The number of aliphatic hydroxyl groups is 2. The van der Waals surface area contributed by atoms with E-state index in [4.69, 9.17) is 106 Å². The van der Waals surface area contributed by atoms with Crippen molar-refractivity contribution in [3.63, 3.8) is 0 Å². The number of rotatable bonds is 21. The summed E-state index contributed by atoms with van der Waals surface area (Å²) < 4.78 is 76.4. The van der Waals surface area contributed by atoms with E-state index in [0.29, 0.717) is 6.61 Å². The molecule has 10 unspecified atom stereocenters. The summed E-state index contributed by atoms with van der Waals surface area (Å²) in [6, 6.07) is 16.7. The van der Waals surface area contributed by atoms with Crippen molar-refractivity contribution in [2.75, 3.05) is 20.3 Å². The summed E-state index contributed by atoms with van der Waals surface area (Å²) >= 11 is 0. The highest BCUT2D eigenvalue weighted by Gasteiger charge is 2.55. The monoisotopic (exact) mass is 1060 g/mol. The van der Waals surface area contributed by atoms with Crippen LogP contribution in [0.25, 0.3) is 20.9 Å². The van der Waals surface area contributed by atoms with E-state index in [1.54, 1.807) is 13.8 Å². The summed E-state index contributed by atoms with van der Waals surface area (Å²) in [4.78, 5) is 38.6. The van der Waals surface area contributed by atoms with E-state index < -0.39 is 139 Å². The van der Waals surface area contributed by atoms with Gasteiger partial charge in [-0.1, -0.05) is 101 Å². The lowest BCUT2D eigenvalue weighted by molar-refractivity contribution is -0.362. The maximum atomic E-state index is 11.0. The van der Waals surface area contributed by atoms with E-state index in [9.17, 15) is 21.3 Å². The number of ether oxygens (including phenoxy) is 10. The van der Waals surface area contributed by atoms with Crippen LogP contribution in [0.15, 0.2) is 70.9 Å². The van der Waals surface area contributed by atoms with Gasteiger partial charge in [-0.25, -0.2) is 0 Å². The van der Waals surface area contributed by atoms with Crippen LogP contribution in [0.2, 0.25) is 0 Å². The summed E-state index contributed by atoms with van der Waals surface area (Å²) in [7, 11) is 21.3. The van der Waals surface area contributed by atoms with Crippen molar-refractivity contribution < 1.29 is 85.8 Å². The minimum Gasteiger partial charge on any atom is -0.394 e. The third-order valence-electron chi connectivity index (χ3n) is 12.7. The van der Waals surface area contributed by atoms with Crippen LogP contribution < -0.4 is 0 Å². The van der Waals surface area contributed by atoms with Crippen LogP contribution >= 0.6 is 15.8 Å². The Hall–Kier alpha value is -3.62. The van der Waals surface area contributed by atoms with Crippen LogP contribution in [0.1, 0.15) is 45.7 Å². The first-order valence-electron chi connectivity index (χ1n) is 23.2. The van der Waals surface area contributed by atoms with Crippen molar-refractivity contribution >= 4 is 58.4 Å². The lowest BCUT2D eigenvalue weighted by Gasteiger charge is -2.51. The summed E-state index contributed by atoms with van der Waals surface area (Å²) in [5, 5.41) is 29.4. The average molecular weight is 1060 g/mol. The molecule has 2 N–H and O–H groups in total. The summed E-state index contributed by atoms with van der Waals surface area (Å²) in [5.74, 6) is -0.825. The predicted molar refractivity (Wildman–Crippen MR) is 262 cm³/mol. The number of methoxy groups -OCH3 is 1. The molecule has 4 saturated heterocycles. The van der Waals surface area contributed by atoms with Crippen molar-refractivity contribution in [3.05, 3.63) is 92.7 Å². The Morgan fingerprint density at radius 1 is 0.554 bits per heavy atom. The molecule has 30 heteroatoms. The summed E-state index contributed by atoms with van der Waals surface area (Å²) in [5.41, 5.74) is 21.5. The number of carbonyl (C=O) groups excluding carboxylic acids is 4. The summed E-state index contributed by atoms with van der Waals surface area (Å²) in [6.45, 7) is 8.64. The highest BCUT2D eigenvalue weighted by molar-refractivity contribution is 7.98. The molecule has 0 aliphatic carbocycles. The molecule has 0 saturated carbocycles. The maximum absolute atomic E-state index is 11.0. The zero-order valence-corrected chi connectivity index (χ0v) is 43.3. The number of azide groups is 2. The van der Waals surface area contributed by atoms with Gasteiger partial charge in [0, 0.05) is 28.8 Å². The Kier molecular flexibility index (Phi) is 27.4. The van der Waals surface area contributed by atoms with Gasteiger partial charge in [-0.2, -0.15) is 19.2 Å². The molecule has 394 valence electrons. The van der Waals surface area contributed by atoms with Crippen LogP contribution in [-0.4, -0.2) is 183 Å². The SMILES string of the molecule is O=C=O.O=C=O.[B]P([B])O[C@@H]1C(N=[N+]=[N-])[C@@H](OC2C(C)O[C@H](O[C@@H]3C(CO)O[C@H](OC4C(C)O[C@@H](C)C(C)[C@@H]4OCc4ccccc4)C(N=[N+]=[N-])[C@H]3OP([B])[B])C(C)[C@@H]2OCc2ccccc2)OC(CO)[C@H]1OC. The third kappa shape index (κ3) is 17.2. The Morgan fingerprint density at radius 2 is 0.946 bits per heavy atom. The molecule has 4 fully saturated rings. The van der Waals surface area contributed by atoms with E-state index in [-0.39, 0.29) is 30.9 Å². The van der Waals surface area contributed by atoms with Gasteiger partial charge in [-0.05, 0) is 43.0 Å². The number of nitrogens with zero attached hydrogens (tertiary/aromatic N) is 6. The average Bonchev–Trinajstić information content (AvgIpc) is 3.37. The first-order valence-corrected chi connectivity index (χ1v) is 26.0. The van der Waals surface area contributed by atoms with Crippen LogP contribution in [-0.2, 0) is 88.8 Å². The van der Waals surface area contributed by atoms with Crippen LogP contribution in [0.3, 0.4) is 0 Å². The largest absolute Gasteiger partial charge is 0.394 e. The fourth-order valence-corrected chi connectivity index (χ4v) is 10.2. The van der Waals surface area contributed by atoms with Crippen LogP contribution in [0.4, 0.5) is 0 Å². The third-order valence-corrected chi connectivity index (χ3v) is 13.7. The molecule has 6 rings (SSSR count). The fraction of sp³-hybridized carbons (Fsp3) is 0.682. The second-order valence-electron chi connectivity index (χ2n) is 17.4. The van der Waals surface area contributed by atoms with E-state index in [1.165, 1.54) is 7.11 Å². The molecule has 2 aromatic carbocycles. The molecule has 0 bridgehead atoms. The van der Waals surface area contributed by atoms with Crippen molar-refractivity contribution in [2.24, 2.45) is 22.1 Å². The zero-order valence-electron chi connectivity index (χ0n) is 41.5. The molecule has 0 aromatic heterocycles. The molecule has 20 atom stereocenters. The molecule has 0 amide bonds. The number of benzene rings is 2. The Balaban J connectivity index is 0.00000188. The molecular weight excluding hydrogens is 1010 g/mol. The number of hydrogen-bond donors (Lipinski definition) is 2. The smallest absolute Gasteiger partial charge is 0.373 e. The Morgan fingerprint density at radius 3 is 1.35 bits per heavy atom. The van der Waals surface area contributed by atoms with E-state index in [1.807, 2.05) is 81.4 Å². The van der Waals surface area contributed by atoms with E-state index in [0.717, 1.165) is 11.1 Å². The van der Waals surface area contributed by atoms with Gasteiger partial charge in [0.1, 0.15) is 91.2 Å². The topological polar surface area (TPSA) is 317 Å². The van der Waals surface area contributed by atoms with Crippen molar-refractivity contribution in [1.82, 2.24) is 0 Å². The maximum Gasteiger partial charge on any atom is 0.373 e. The normalized spacial score (nSPS) is 35.8. The zero-order chi connectivity index (χ0) is 54.5. The van der Waals surface area contributed by atoms with Crippen molar-refractivity contribution in [1.29, 1.82) is 0 Å². The molecular formula is C44H58B4N6O18P2. The van der Waals surface area contributed by atoms with Gasteiger partial charge in [0.15, 0.2) is 18.9 Å². The van der Waals surface area contributed by atoms with Gasteiger partial charge < -0.3 is 66.6 Å².